The van der Waals surface area contributed by atoms with E-state index in [1.165, 1.54) is 6.92 Å². The number of nitrogens with zero attached hydrogens (tertiary/aromatic N) is 1. The van der Waals surface area contributed by atoms with E-state index < -0.39 is 12.0 Å². The zero-order valence-electron chi connectivity index (χ0n) is 10.9. The van der Waals surface area contributed by atoms with Gasteiger partial charge in [-0.1, -0.05) is 18.2 Å². The van der Waals surface area contributed by atoms with Gasteiger partial charge in [0.2, 0.25) is 5.91 Å². The molecule has 0 saturated heterocycles. The average molecular weight is 260 g/mol. The molecule has 1 aromatic heterocycles. The summed E-state index contributed by atoms with van der Waals surface area (Å²) in [6.07, 6.45) is 0. The number of aromatic nitrogens is 1. The maximum atomic E-state index is 11.2. The summed E-state index contributed by atoms with van der Waals surface area (Å²) in [5, 5.41) is 12.7. The van der Waals surface area contributed by atoms with Crippen molar-refractivity contribution in [1.29, 1.82) is 0 Å². The lowest BCUT2D eigenvalue weighted by atomic mass is 10.2. The monoisotopic (exact) mass is 260 g/mol. The van der Waals surface area contributed by atoms with E-state index in [4.69, 9.17) is 5.11 Å². The summed E-state index contributed by atoms with van der Waals surface area (Å²) in [6.45, 7) is 3.46. The van der Waals surface area contributed by atoms with Crippen LogP contribution in [0.5, 0.6) is 0 Å². The van der Waals surface area contributed by atoms with E-state index in [1.807, 2.05) is 41.8 Å². The van der Waals surface area contributed by atoms with Crippen LogP contribution in [0.3, 0.4) is 0 Å². The van der Waals surface area contributed by atoms with Crippen LogP contribution in [0.1, 0.15) is 12.6 Å². The lowest BCUT2D eigenvalue weighted by Crippen LogP contribution is -2.42. The predicted molar refractivity (Wildman–Crippen MR) is 71.9 cm³/mol. The van der Waals surface area contributed by atoms with E-state index >= 15 is 0 Å². The third kappa shape index (κ3) is 2.76. The molecule has 1 unspecified atom stereocenters. The highest BCUT2D eigenvalue weighted by atomic mass is 16.4. The number of rotatable bonds is 4. The van der Waals surface area contributed by atoms with Gasteiger partial charge >= 0.3 is 5.97 Å². The minimum atomic E-state index is -1.03. The van der Waals surface area contributed by atoms with Crippen molar-refractivity contribution >= 4 is 22.8 Å². The Morgan fingerprint density at radius 2 is 2.05 bits per heavy atom. The second-order valence-corrected chi connectivity index (χ2v) is 4.55. The number of nitrogens with one attached hydrogen (secondary N) is 1. The number of carbonyl (C=O) groups is 2. The first-order valence-electron chi connectivity index (χ1n) is 6.04. The van der Waals surface area contributed by atoms with Gasteiger partial charge in [-0.3, -0.25) is 4.79 Å². The molecule has 0 saturated carbocycles. The van der Waals surface area contributed by atoms with Gasteiger partial charge in [0.05, 0.1) is 6.54 Å². The van der Waals surface area contributed by atoms with Crippen molar-refractivity contribution in [3.63, 3.8) is 0 Å². The zero-order chi connectivity index (χ0) is 14.0. The summed E-state index contributed by atoms with van der Waals surface area (Å²) in [7, 11) is 0. The van der Waals surface area contributed by atoms with Crippen LogP contribution in [0, 0.1) is 6.92 Å². The van der Waals surface area contributed by atoms with Gasteiger partial charge in [-0.25, -0.2) is 4.79 Å². The minimum absolute atomic E-state index is 0.217. The molecule has 19 heavy (non-hydrogen) atoms. The maximum absolute atomic E-state index is 11.2. The Morgan fingerprint density at radius 1 is 1.37 bits per heavy atom. The number of hydrogen-bond donors (Lipinski definition) is 2. The molecule has 1 aromatic carbocycles. The quantitative estimate of drug-likeness (QED) is 0.876. The first kappa shape index (κ1) is 13.1. The minimum Gasteiger partial charge on any atom is -0.480 e. The van der Waals surface area contributed by atoms with Gasteiger partial charge in [-0.05, 0) is 24.4 Å². The molecule has 2 rings (SSSR count). The molecule has 0 radical (unpaired) electrons. The predicted octanol–water partition coefficient (Wildman–Crippen LogP) is 1.54. The van der Waals surface area contributed by atoms with Crippen LogP contribution in [0.15, 0.2) is 30.3 Å². The fourth-order valence-electron chi connectivity index (χ4n) is 2.20. The summed E-state index contributed by atoms with van der Waals surface area (Å²) >= 11 is 0. The average Bonchev–Trinajstić information content (AvgIpc) is 2.64. The van der Waals surface area contributed by atoms with Gasteiger partial charge in [0, 0.05) is 18.1 Å². The number of hydrogen-bond acceptors (Lipinski definition) is 2. The van der Waals surface area contributed by atoms with Gasteiger partial charge < -0.3 is 15.0 Å². The molecule has 1 atom stereocenters. The normalized spacial score (nSPS) is 12.3. The molecule has 2 N–H and O–H groups in total. The largest absolute Gasteiger partial charge is 0.480 e. The molecule has 0 bridgehead atoms. The Labute approximate surface area is 110 Å². The van der Waals surface area contributed by atoms with E-state index in [2.05, 4.69) is 5.32 Å². The lowest BCUT2D eigenvalue weighted by Gasteiger charge is -2.16. The van der Waals surface area contributed by atoms with Crippen LogP contribution in [-0.2, 0) is 16.1 Å². The van der Waals surface area contributed by atoms with Crippen LogP contribution in [0.25, 0.3) is 10.9 Å². The van der Waals surface area contributed by atoms with Crippen molar-refractivity contribution in [1.82, 2.24) is 9.88 Å². The Hall–Kier alpha value is -2.30. The molecule has 1 amide bonds. The van der Waals surface area contributed by atoms with Crippen molar-refractivity contribution < 1.29 is 14.7 Å². The van der Waals surface area contributed by atoms with Crippen LogP contribution in [-0.4, -0.2) is 27.6 Å². The Balaban J connectivity index is 2.35. The van der Waals surface area contributed by atoms with E-state index in [0.29, 0.717) is 0 Å². The van der Waals surface area contributed by atoms with Gasteiger partial charge in [-0.2, -0.15) is 0 Å². The number of benzene rings is 1. The van der Waals surface area contributed by atoms with Crippen molar-refractivity contribution in [3.8, 4) is 0 Å². The van der Waals surface area contributed by atoms with E-state index in [0.717, 1.165) is 16.6 Å². The van der Waals surface area contributed by atoms with Crippen LogP contribution < -0.4 is 5.32 Å². The number of amides is 1. The summed E-state index contributed by atoms with van der Waals surface area (Å²) in [5.74, 6) is -1.38. The maximum Gasteiger partial charge on any atom is 0.328 e. The molecule has 100 valence electrons. The molecule has 0 aliphatic rings. The number of carbonyl (C=O) groups excluding carboxylic acids is 1. The zero-order valence-corrected chi connectivity index (χ0v) is 10.9. The van der Waals surface area contributed by atoms with E-state index in [1.54, 1.807) is 0 Å². The second-order valence-electron chi connectivity index (χ2n) is 4.55. The first-order chi connectivity index (χ1) is 8.99. The number of aliphatic carboxylic acids is 1. The van der Waals surface area contributed by atoms with E-state index in [9.17, 15) is 9.59 Å². The van der Waals surface area contributed by atoms with Gasteiger partial charge in [-0.15, -0.1) is 0 Å². The fraction of sp³-hybridized carbons (Fsp3) is 0.286. The topological polar surface area (TPSA) is 71.3 Å². The fourth-order valence-corrected chi connectivity index (χ4v) is 2.20. The van der Waals surface area contributed by atoms with E-state index in [-0.39, 0.29) is 12.5 Å². The molecule has 5 heteroatoms. The van der Waals surface area contributed by atoms with Gasteiger partial charge in [0.1, 0.15) is 6.04 Å². The standard InChI is InChI=1S/C14H16N2O3/c1-9-7-11-5-3-4-6-13(11)16(9)8-12(14(18)19)15-10(2)17/h3-7,12H,8H2,1-2H3,(H,15,17)(H,18,19). The van der Waals surface area contributed by atoms with Crippen molar-refractivity contribution in [2.45, 2.75) is 26.4 Å². The smallest absolute Gasteiger partial charge is 0.328 e. The van der Waals surface area contributed by atoms with Crippen molar-refractivity contribution in [3.05, 3.63) is 36.0 Å². The molecule has 5 nitrogen and oxygen atoms in total. The Bertz CT molecular complexity index is 631. The summed E-state index contributed by atoms with van der Waals surface area (Å²) in [6, 6.07) is 8.84. The Morgan fingerprint density at radius 3 is 2.68 bits per heavy atom. The molecule has 0 spiro atoms. The third-order valence-electron chi connectivity index (χ3n) is 3.06. The first-order valence-corrected chi connectivity index (χ1v) is 6.04. The number of aryl methyl sites for hydroxylation is 1. The molecule has 0 fully saturated rings. The molecular weight excluding hydrogens is 244 g/mol. The number of carboxylic acid groups (broad SMARTS) is 1. The molecule has 0 aliphatic carbocycles. The molecule has 1 heterocycles. The lowest BCUT2D eigenvalue weighted by molar-refractivity contribution is -0.141. The number of para-hydroxylation sites is 1. The Kier molecular flexibility index (Phi) is 3.55. The number of carboxylic acids is 1. The highest BCUT2D eigenvalue weighted by Gasteiger charge is 2.20. The summed E-state index contributed by atoms with van der Waals surface area (Å²) in [5.41, 5.74) is 1.94. The number of fused-ring (bicyclic) bond motifs is 1. The van der Waals surface area contributed by atoms with Gasteiger partial charge in [0.25, 0.3) is 0 Å². The summed E-state index contributed by atoms with van der Waals surface area (Å²) in [4.78, 5) is 22.2. The summed E-state index contributed by atoms with van der Waals surface area (Å²) < 4.78 is 1.91. The van der Waals surface area contributed by atoms with Crippen molar-refractivity contribution in [2.75, 3.05) is 0 Å². The highest BCUT2D eigenvalue weighted by molar-refractivity contribution is 5.83. The highest BCUT2D eigenvalue weighted by Crippen LogP contribution is 2.19. The molecule has 0 aliphatic heterocycles. The van der Waals surface area contributed by atoms with Gasteiger partial charge in [0.15, 0.2) is 0 Å². The van der Waals surface area contributed by atoms with Crippen LogP contribution >= 0.6 is 0 Å². The van der Waals surface area contributed by atoms with Crippen LogP contribution in [0.2, 0.25) is 0 Å². The molecule has 2 aromatic rings. The van der Waals surface area contributed by atoms with Crippen molar-refractivity contribution in [2.24, 2.45) is 0 Å². The van der Waals surface area contributed by atoms with Crippen LogP contribution in [0.4, 0.5) is 0 Å². The third-order valence-corrected chi connectivity index (χ3v) is 3.06. The molecular formula is C14H16N2O3. The SMILES string of the molecule is CC(=O)NC(Cn1c(C)cc2ccccc21)C(=O)O. The second kappa shape index (κ2) is 5.14.